The quantitative estimate of drug-likeness (QED) is 0.380. The zero-order valence-electron chi connectivity index (χ0n) is 20.5. The van der Waals surface area contributed by atoms with E-state index in [1.54, 1.807) is 4.68 Å². The number of hydrogen-bond donors (Lipinski definition) is 1. The molecule has 0 spiro atoms. The van der Waals surface area contributed by atoms with Crippen molar-refractivity contribution in [2.75, 3.05) is 19.8 Å². The van der Waals surface area contributed by atoms with Crippen LogP contribution in [-0.2, 0) is 11.3 Å². The molecule has 1 fully saturated rings. The molecule has 4 rings (SSSR count). The molecule has 1 aromatic heterocycles. The van der Waals surface area contributed by atoms with E-state index in [4.69, 9.17) is 9.47 Å². The van der Waals surface area contributed by atoms with Crippen LogP contribution in [0.25, 0.3) is 5.69 Å². The van der Waals surface area contributed by atoms with Crippen LogP contribution in [0.15, 0.2) is 48.5 Å². The van der Waals surface area contributed by atoms with E-state index in [1.165, 1.54) is 6.07 Å². The Morgan fingerprint density at radius 1 is 1.11 bits per heavy atom. The average molecular weight is 486 g/mol. The number of aromatic nitrogens is 2. The van der Waals surface area contributed by atoms with Crippen LogP contribution in [0.2, 0.25) is 0 Å². The summed E-state index contributed by atoms with van der Waals surface area (Å²) in [4.78, 5) is 2.20. The molecule has 35 heavy (non-hydrogen) atoms. The predicted octanol–water partition coefficient (Wildman–Crippen LogP) is 5.25. The van der Waals surface area contributed by atoms with Gasteiger partial charge < -0.3 is 14.6 Å². The number of rotatable bonds is 12. The largest absolute Gasteiger partial charge is 0.435 e. The number of halogens is 2. The second-order valence-corrected chi connectivity index (χ2v) is 9.54. The number of ether oxygens (including phenoxy) is 2. The summed E-state index contributed by atoms with van der Waals surface area (Å²) < 4.78 is 41.3. The van der Waals surface area contributed by atoms with Crippen LogP contribution in [0.3, 0.4) is 0 Å². The van der Waals surface area contributed by atoms with Crippen molar-refractivity contribution in [1.82, 2.24) is 14.7 Å². The smallest absolute Gasteiger partial charge is 0.227 e. The number of aliphatic hydroxyl groups excluding tert-OH is 1. The summed E-state index contributed by atoms with van der Waals surface area (Å²) in [6.45, 7) is 7.82. The minimum atomic E-state index is -0.786. The Morgan fingerprint density at radius 2 is 1.86 bits per heavy atom. The van der Waals surface area contributed by atoms with Gasteiger partial charge in [-0.05, 0) is 49.9 Å². The SMILES string of the molecule is Cc1nn(-c2ccccc2)c(Oc2ccc(F)cc2F)c1CN(CC(O)COCC(C)C)C1CC1. The van der Waals surface area contributed by atoms with Gasteiger partial charge in [0.1, 0.15) is 5.82 Å². The van der Waals surface area contributed by atoms with Gasteiger partial charge >= 0.3 is 0 Å². The molecule has 6 nitrogen and oxygen atoms in total. The maximum Gasteiger partial charge on any atom is 0.227 e. The summed E-state index contributed by atoms with van der Waals surface area (Å²) in [6, 6.07) is 13.0. The number of aryl methyl sites for hydroxylation is 1. The third-order valence-electron chi connectivity index (χ3n) is 5.87. The molecule has 2 aromatic carbocycles. The van der Waals surface area contributed by atoms with Crippen molar-refractivity contribution < 1.29 is 23.4 Å². The molecule has 1 N–H and O–H groups in total. The van der Waals surface area contributed by atoms with Gasteiger partial charge in [-0.2, -0.15) is 5.10 Å². The second kappa shape index (κ2) is 11.3. The number of hydrogen-bond acceptors (Lipinski definition) is 5. The lowest BCUT2D eigenvalue weighted by Crippen LogP contribution is -2.36. The molecule has 0 amide bonds. The zero-order valence-corrected chi connectivity index (χ0v) is 20.5. The van der Waals surface area contributed by atoms with Gasteiger partial charge in [0.05, 0.1) is 29.7 Å². The summed E-state index contributed by atoms with van der Waals surface area (Å²) in [7, 11) is 0. The van der Waals surface area contributed by atoms with E-state index in [9.17, 15) is 13.9 Å². The lowest BCUT2D eigenvalue weighted by atomic mass is 10.2. The molecular formula is C27H33F2N3O3. The van der Waals surface area contributed by atoms with Crippen molar-refractivity contribution in [3.05, 3.63) is 71.4 Å². The minimum Gasteiger partial charge on any atom is -0.435 e. The Kier molecular flexibility index (Phi) is 8.15. The highest BCUT2D eigenvalue weighted by Gasteiger charge is 2.33. The fraction of sp³-hybridized carbons (Fsp3) is 0.444. The van der Waals surface area contributed by atoms with Gasteiger partial charge in [0.2, 0.25) is 5.88 Å². The Hall–Kier alpha value is -2.81. The van der Waals surface area contributed by atoms with Gasteiger partial charge in [0, 0.05) is 31.8 Å². The number of nitrogens with zero attached hydrogens (tertiary/aromatic N) is 3. The first-order valence-corrected chi connectivity index (χ1v) is 12.1. The standard InChI is InChI=1S/C27H33F2N3O3/c1-18(2)16-34-17-23(33)14-31(21-10-11-21)15-24-19(3)30-32(22-7-5-4-6-8-22)27(24)35-26-12-9-20(28)13-25(26)29/h4-9,12-13,18,21,23,33H,10-11,14-17H2,1-3H3. The molecule has 0 aliphatic heterocycles. The molecule has 8 heteroatoms. The number of benzene rings is 2. The fourth-order valence-electron chi connectivity index (χ4n) is 3.98. The van der Waals surface area contributed by atoms with E-state index in [1.807, 2.05) is 37.3 Å². The van der Waals surface area contributed by atoms with Crippen LogP contribution in [0, 0.1) is 24.5 Å². The predicted molar refractivity (Wildman–Crippen MR) is 130 cm³/mol. The van der Waals surface area contributed by atoms with Crippen LogP contribution in [-0.4, -0.2) is 51.7 Å². The van der Waals surface area contributed by atoms with E-state index >= 15 is 0 Å². The monoisotopic (exact) mass is 485 g/mol. The van der Waals surface area contributed by atoms with Gasteiger partial charge in [-0.3, -0.25) is 4.90 Å². The van der Waals surface area contributed by atoms with Gasteiger partial charge in [0.15, 0.2) is 11.6 Å². The highest BCUT2D eigenvalue weighted by atomic mass is 19.1. The zero-order chi connectivity index (χ0) is 24.9. The van der Waals surface area contributed by atoms with Crippen LogP contribution < -0.4 is 4.74 Å². The molecule has 188 valence electrons. The topological polar surface area (TPSA) is 59.8 Å². The summed E-state index contributed by atoms with van der Waals surface area (Å²) >= 11 is 0. The fourth-order valence-corrected chi connectivity index (χ4v) is 3.98. The van der Waals surface area contributed by atoms with E-state index in [2.05, 4.69) is 23.8 Å². The van der Waals surface area contributed by atoms with Crippen molar-refractivity contribution in [2.24, 2.45) is 5.92 Å². The van der Waals surface area contributed by atoms with Crippen LogP contribution in [0.4, 0.5) is 8.78 Å². The highest BCUT2D eigenvalue weighted by Crippen LogP contribution is 2.35. The maximum atomic E-state index is 14.5. The molecule has 0 radical (unpaired) electrons. The molecule has 0 bridgehead atoms. The molecule has 3 aromatic rings. The van der Waals surface area contributed by atoms with Crippen molar-refractivity contribution >= 4 is 0 Å². The molecule has 1 heterocycles. The minimum absolute atomic E-state index is 0.0789. The van der Waals surface area contributed by atoms with Crippen LogP contribution in [0.5, 0.6) is 11.6 Å². The first-order chi connectivity index (χ1) is 16.8. The third kappa shape index (κ3) is 6.66. The summed E-state index contributed by atoms with van der Waals surface area (Å²) in [5, 5.41) is 15.3. The number of aliphatic hydroxyl groups is 1. The lowest BCUT2D eigenvalue weighted by molar-refractivity contribution is 0.00536. The molecule has 1 unspecified atom stereocenters. The van der Waals surface area contributed by atoms with Crippen LogP contribution in [0.1, 0.15) is 37.9 Å². The summed E-state index contributed by atoms with van der Waals surface area (Å²) in [5.41, 5.74) is 2.29. The highest BCUT2D eigenvalue weighted by molar-refractivity contribution is 5.43. The molecule has 0 saturated heterocycles. The van der Waals surface area contributed by atoms with E-state index < -0.39 is 17.7 Å². The first kappa shape index (κ1) is 25.3. The van der Waals surface area contributed by atoms with Gasteiger partial charge in [0.25, 0.3) is 0 Å². The van der Waals surface area contributed by atoms with E-state index in [0.29, 0.717) is 37.5 Å². The summed E-state index contributed by atoms with van der Waals surface area (Å²) in [6.07, 6.45) is 1.47. The molecule has 1 aliphatic carbocycles. The van der Waals surface area contributed by atoms with Crippen molar-refractivity contribution in [3.63, 3.8) is 0 Å². The Labute approximate surface area is 205 Å². The first-order valence-electron chi connectivity index (χ1n) is 12.1. The maximum absolute atomic E-state index is 14.5. The van der Waals surface area contributed by atoms with Gasteiger partial charge in [-0.1, -0.05) is 32.0 Å². The van der Waals surface area contributed by atoms with E-state index in [-0.39, 0.29) is 12.4 Å². The van der Waals surface area contributed by atoms with Crippen molar-refractivity contribution in [1.29, 1.82) is 0 Å². The Bertz CT molecular complexity index is 1120. The third-order valence-corrected chi connectivity index (χ3v) is 5.87. The molecule has 1 atom stereocenters. The van der Waals surface area contributed by atoms with Crippen molar-refractivity contribution in [3.8, 4) is 17.3 Å². The van der Waals surface area contributed by atoms with Gasteiger partial charge in [-0.15, -0.1) is 0 Å². The molecular weight excluding hydrogens is 452 g/mol. The van der Waals surface area contributed by atoms with Gasteiger partial charge in [-0.25, -0.2) is 13.5 Å². The number of para-hydroxylation sites is 1. The molecule has 1 saturated carbocycles. The Balaban J connectivity index is 1.62. The van der Waals surface area contributed by atoms with E-state index in [0.717, 1.165) is 41.9 Å². The van der Waals surface area contributed by atoms with Crippen molar-refractivity contribution in [2.45, 2.75) is 52.3 Å². The molecule has 1 aliphatic rings. The Morgan fingerprint density at radius 3 is 2.51 bits per heavy atom. The normalized spacial score (nSPS) is 14.6. The average Bonchev–Trinajstić information content (AvgIpc) is 3.62. The van der Waals surface area contributed by atoms with Crippen LogP contribution >= 0.6 is 0 Å². The lowest BCUT2D eigenvalue weighted by Gasteiger charge is -2.25. The second-order valence-electron chi connectivity index (χ2n) is 9.54. The summed E-state index contributed by atoms with van der Waals surface area (Å²) in [5.74, 6) is -0.761.